The summed E-state index contributed by atoms with van der Waals surface area (Å²) >= 11 is 6.40. The van der Waals surface area contributed by atoms with E-state index in [1.54, 1.807) is 19.1 Å². The van der Waals surface area contributed by atoms with Crippen LogP contribution in [0, 0.1) is 35.8 Å². The molecular formula is C24H21ClN4O5. The van der Waals surface area contributed by atoms with Gasteiger partial charge in [-0.2, -0.15) is 0 Å². The van der Waals surface area contributed by atoms with Crippen LogP contribution in [0.2, 0.25) is 5.02 Å². The highest BCUT2D eigenvalue weighted by Crippen LogP contribution is 2.61. The van der Waals surface area contributed by atoms with E-state index in [4.69, 9.17) is 11.6 Å². The Morgan fingerprint density at radius 1 is 1.12 bits per heavy atom. The number of anilines is 2. The Hall–Kier alpha value is -3.30. The molecule has 4 atom stereocenters. The van der Waals surface area contributed by atoms with Gasteiger partial charge in [-0.05, 0) is 62.6 Å². The van der Waals surface area contributed by atoms with Gasteiger partial charge in [0.05, 0.1) is 22.4 Å². The van der Waals surface area contributed by atoms with Crippen LogP contribution in [0.25, 0.3) is 0 Å². The van der Waals surface area contributed by atoms with Gasteiger partial charge < -0.3 is 5.32 Å². The largest absolute Gasteiger partial charge is 0.324 e. The molecule has 4 heterocycles. The maximum absolute atomic E-state index is 14.0. The average molecular weight is 481 g/mol. The average Bonchev–Trinajstić information content (AvgIpc) is 3.48. The highest BCUT2D eigenvalue weighted by Gasteiger charge is 2.74. The summed E-state index contributed by atoms with van der Waals surface area (Å²) in [4.78, 5) is 55.4. The van der Waals surface area contributed by atoms with Gasteiger partial charge in [0.1, 0.15) is 5.54 Å². The van der Waals surface area contributed by atoms with Gasteiger partial charge in [0.2, 0.25) is 17.7 Å². The van der Waals surface area contributed by atoms with Gasteiger partial charge in [-0.15, -0.1) is 0 Å². The predicted molar refractivity (Wildman–Crippen MR) is 124 cm³/mol. The Morgan fingerprint density at radius 3 is 2.59 bits per heavy atom. The zero-order chi connectivity index (χ0) is 24.1. The molecule has 3 amide bonds. The number of carbonyl (C=O) groups is 3. The van der Waals surface area contributed by atoms with E-state index in [2.05, 4.69) is 5.32 Å². The first-order valence-corrected chi connectivity index (χ1v) is 11.6. The standard InChI is InChI=1S/C24H21ClN4O5/c1-11-9-14(29(33)34)5-6-16(11)28-21(30)18-17-4-3-7-27(17)24(19(18)22(28)31)15-10-13(25)8-12(2)20(15)26-23(24)32/h5-6,8-10,17-19H,3-4,7H2,1-2H3,(H,26,32)/t17-,18+,19-,24+/m0/s1. The molecule has 0 unspecified atom stereocenters. The molecule has 4 aliphatic rings. The number of fused-ring (bicyclic) bond motifs is 7. The molecule has 0 bridgehead atoms. The van der Waals surface area contributed by atoms with Crippen molar-refractivity contribution in [3.63, 3.8) is 0 Å². The molecule has 10 heteroatoms. The third-order valence-electron chi connectivity index (χ3n) is 7.90. The molecule has 6 rings (SSSR count). The molecule has 1 spiro atoms. The number of benzene rings is 2. The first-order chi connectivity index (χ1) is 16.2. The molecule has 0 saturated carbocycles. The number of non-ortho nitro benzene ring substituents is 1. The van der Waals surface area contributed by atoms with E-state index in [0.717, 1.165) is 16.9 Å². The van der Waals surface area contributed by atoms with E-state index >= 15 is 0 Å². The first kappa shape index (κ1) is 21.2. The maximum atomic E-state index is 14.0. The van der Waals surface area contributed by atoms with Crippen molar-refractivity contribution in [2.75, 3.05) is 16.8 Å². The number of rotatable bonds is 2. The number of amides is 3. The number of nitrogens with one attached hydrogen (secondary N) is 1. The highest BCUT2D eigenvalue weighted by atomic mass is 35.5. The molecule has 1 N–H and O–H groups in total. The van der Waals surface area contributed by atoms with Crippen LogP contribution in [-0.4, -0.2) is 40.1 Å². The van der Waals surface area contributed by atoms with E-state index in [9.17, 15) is 24.5 Å². The van der Waals surface area contributed by atoms with Crippen molar-refractivity contribution in [3.8, 4) is 0 Å². The molecule has 3 fully saturated rings. The minimum Gasteiger partial charge on any atom is -0.324 e. The van der Waals surface area contributed by atoms with Crippen molar-refractivity contribution in [2.24, 2.45) is 11.8 Å². The van der Waals surface area contributed by atoms with Crippen LogP contribution < -0.4 is 10.2 Å². The van der Waals surface area contributed by atoms with Crippen LogP contribution in [0.1, 0.15) is 29.5 Å². The molecule has 0 aromatic heterocycles. The summed E-state index contributed by atoms with van der Waals surface area (Å²) in [7, 11) is 0. The first-order valence-electron chi connectivity index (χ1n) is 11.2. The van der Waals surface area contributed by atoms with Crippen molar-refractivity contribution in [1.82, 2.24) is 4.90 Å². The Kier molecular flexibility index (Phi) is 4.29. The number of hydrogen-bond acceptors (Lipinski definition) is 6. The Bertz CT molecular complexity index is 1340. The number of aryl methyl sites for hydroxylation is 2. The third kappa shape index (κ3) is 2.40. The Morgan fingerprint density at radius 2 is 1.88 bits per heavy atom. The van der Waals surface area contributed by atoms with E-state index in [1.807, 2.05) is 11.8 Å². The molecule has 4 aliphatic heterocycles. The van der Waals surface area contributed by atoms with E-state index in [-0.39, 0.29) is 23.5 Å². The van der Waals surface area contributed by atoms with Crippen molar-refractivity contribution >= 4 is 46.4 Å². The molecule has 0 radical (unpaired) electrons. The minimum atomic E-state index is -1.31. The fraction of sp³-hybridized carbons (Fsp3) is 0.375. The van der Waals surface area contributed by atoms with Crippen LogP contribution in [0.15, 0.2) is 30.3 Å². The SMILES string of the molecule is Cc1cc([N+](=O)[O-])ccc1N1C(=O)[C@H]2[C@@H](C1=O)[C@]1(C(=O)Nc3c(C)cc(Cl)cc31)N1CCC[C@@H]21. The molecule has 34 heavy (non-hydrogen) atoms. The molecule has 2 aromatic carbocycles. The predicted octanol–water partition coefficient (Wildman–Crippen LogP) is 3.30. The van der Waals surface area contributed by atoms with Crippen molar-refractivity contribution in [1.29, 1.82) is 0 Å². The summed E-state index contributed by atoms with van der Waals surface area (Å²) in [5, 5.41) is 14.6. The number of nitro groups is 1. The van der Waals surface area contributed by atoms with Gasteiger partial charge in [-0.3, -0.25) is 29.4 Å². The van der Waals surface area contributed by atoms with Crippen molar-refractivity contribution < 1.29 is 19.3 Å². The van der Waals surface area contributed by atoms with Gasteiger partial charge in [-0.1, -0.05) is 11.6 Å². The fourth-order valence-electron chi connectivity index (χ4n) is 6.68. The molecule has 0 aliphatic carbocycles. The summed E-state index contributed by atoms with van der Waals surface area (Å²) in [6.07, 6.45) is 1.52. The number of nitro benzene ring substituents is 1. The van der Waals surface area contributed by atoms with Gasteiger partial charge in [0.25, 0.3) is 5.69 Å². The molecular weight excluding hydrogens is 460 g/mol. The second-order valence-electron chi connectivity index (χ2n) is 9.51. The van der Waals surface area contributed by atoms with Gasteiger partial charge in [0.15, 0.2) is 0 Å². The Balaban J connectivity index is 1.54. The van der Waals surface area contributed by atoms with Gasteiger partial charge >= 0.3 is 0 Å². The number of carbonyl (C=O) groups excluding carboxylic acids is 3. The van der Waals surface area contributed by atoms with E-state index < -0.39 is 28.2 Å². The van der Waals surface area contributed by atoms with Gasteiger partial charge in [0, 0.05) is 34.4 Å². The van der Waals surface area contributed by atoms with E-state index in [0.29, 0.717) is 40.5 Å². The van der Waals surface area contributed by atoms with Crippen molar-refractivity contribution in [2.45, 2.75) is 38.3 Å². The van der Waals surface area contributed by atoms with Crippen LogP contribution in [0.4, 0.5) is 17.1 Å². The molecule has 9 nitrogen and oxygen atoms in total. The van der Waals surface area contributed by atoms with Crippen LogP contribution >= 0.6 is 11.6 Å². The monoisotopic (exact) mass is 480 g/mol. The smallest absolute Gasteiger partial charge is 0.269 e. The zero-order valence-corrected chi connectivity index (χ0v) is 19.3. The number of halogens is 1. The summed E-state index contributed by atoms with van der Waals surface area (Å²) in [6, 6.07) is 7.32. The highest BCUT2D eigenvalue weighted by molar-refractivity contribution is 6.31. The number of imide groups is 1. The number of nitrogens with zero attached hydrogens (tertiary/aromatic N) is 3. The summed E-state index contributed by atoms with van der Waals surface area (Å²) in [5.41, 5.74) is 1.42. The van der Waals surface area contributed by atoms with Crippen LogP contribution in [0.3, 0.4) is 0 Å². The van der Waals surface area contributed by atoms with Crippen LogP contribution in [0.5, 0.6) is 0 Å². The lowest BCUT2D eigenvalue weighted by Gasteiger charge is -2.36. The van der Waals surface area contributed by atoms with Crippen molar-refractivity contribution in [3.05, 3.63) is 62.2 Å². The lowest BCUT2D eigenvalue weighted by atomic mass is 9.75. The topological polar surface area (TPSA) is 113 Å². The zero-order valence-electron chi connectivity index (χ0n) is 18.5. The maximum Gasteiger partial charge on any atom is 0.269 e. The van der Waals surface area contributed by atoms with Gasteiger partial charge in [-0.25, -0.2) is 4.90 Å². The normalized spacial score (nSPS) is 29.6. The van der Waals surface area contributed by atoms with E-state index in [1.165, 1.54) is 18.2 Å². The second kappa shape index (κ2) is 6.86. The third-order valence-corrected chi connectivity index (χ3v) is 8.11. The number of hydrogen-bond donors (Lipinski definition) is 1. The minimum absolute atomic E-state index is 0.117. The lowest BCUT2D eigenvalue weighted by molar-refractivity contribution is -0.384. The quantitative estimate of drug-likeness (QED) is 0.401. The summed E-state index contributed by atoms with van der Waals surface area (Å²) in [6.45, 7) is 4.09. The molecule has 3 saturated heterocycles. The molecule has 174 valence electrons. The summed E-state index contributed by atoms with van der Waals surface area (Å²) < 4.78 is 0. The second-order valence-corrected chi connectivity index (χ2v) is 9.95. The fourth-order valence-corrected chi connectivity index (χ4v) is 6.95. The Labute approximate surface area is 199 Å². The molecule has 2 aromatic rings. The summed E-state index contributed by atoms with van der Waals surface area (Å²) in [5.74, 6) is -2.71. The lowest BCUT2D eigenvalue weighted by Crippen LogP contribution is -2.54. The van der Waals surface area contributed by atoms with Crippen LogP contribution in [-0.2, 0) is 19.9 Å².